The molecular formula is C21H22F2O4. The van der Waals surface area contributed by atoms with Gasteiger partial charge < -0.3 is 9.84 Å². The quantitative estimate of drug-likeness (QED) is 0.701. The molecule has 0 saturated carbocycles. The lowest BCUT2D eigenvalue weighted by atomic mass is 9.77. The highest BCUT2D eigenvalue weighted by Gasteiger charge is 2.33. The van der Waals surface area contributed by atoms with Crippen LogP contribution in [0.15, 0.2) is 42.5 Å². The van der Waals surface area contributed by atoms with Gasteiger partial charge in [-0.3, -0.25) is 9.59 Å². The SMILES string of the molecule is CC(C)(C)C(CC(=O)c1ccc(OCc2c(F)cccc2F)cc1)C(=O)O. The molecule has 0 saturated heterocycles. The molecule has 0 aliphatic rings. The van der Waals surface area contributed by atoms with E-state index in [-0.39, 0.29) is 24.4 Å². The number of Topliss-reactive ketones (excluding diaryl/α,β-unsaturated/α-hetero) is 1. The first-order valence-corrected chi connectivity index (χ1v) is 8.51. The number of halogens is 2. The summed E-state index contributed by atoms with van der Waals surface area (Å²) in [5.41, 5.74) is -0.365. The van der Waals surface area contributed by atoms with Gasteiger partial charge in [-0.25, -0.2) is 8.78 Å². The number of aliphatic carboxylic acids is 1. The van der Waals surface area contributed by atoms with Gasteiger partial charge in [-0.15, -0.1) is 0 Å². The van der Waals surface area contributed by atoms with Gasteiger partial charge in [-0.05, 0) is 41.8 Å². The van der Waals surface area contributed by atoms with E-state index >= 15 is 0 Å². The lowest BCUT2D eigenvalue weighted by molar-refractivity contribution is -0.145. The van der Waals surface area contributed by atoms with Crippen LogP contribution in [-0.4, -0.2) is 16.9 Å². The first-order valence-electron chi connectivity index (χ1n) is 8.51. The maximum Gasteiger partial charge on any atom is 0.307 e. The largest absolute Gasteiger partial charge is 0.489 e. The van der Waals surface area contributed by atoms with Crippen LogP contribution < -0.4 is 4.74 Å². The molecule has 0 radical (unpaired) electrons. The van der Waals surface area contributed by atoms with Gasteiger partial charge in [0.15, 0.2) is 5.78 Å². The molecule has 2 rings (SSSR count). The highest BCUT2D eigenvalue weighted by Crippen LogP contribution is 2.30. The zero-order valence-electron chi connectivity index (χ0n) is 15.5. The second-order valence-electron chi connectivity index (χ2n) is 7.40. The summed E-state index contributed by atoms with van der Waals surface area (Å²) < 4.78 is 32.6. The molecule has 6 heteroatoms. The Hall–Kier alpha value is -2.76. The minimum absolute atomic E-state index is 0.112. The summed E-state index contributed by atoms with van der Waals surface area (Å²) in [6.45, 7) is 5.05. The van der Waals surface area contributed by atoms with Gasteiger partial charge in [-0.1, -0.05) is 26.8 Å². The molecule has 0 aromatic heterocycles. The Labute approximate surface area is 156 Å². The van der Waals surface area contributed by atoms with Gasteiger partial charge in [-0.2, -0.15) is 0 Å². The van der Waals surface area contributed by atoms with E-state index in [1.807, 2.05) is 0 Å². The van der Waals surface area contributed by atoms with Crippen molar-refractivity contribution >= 4 is 11.8 Å². The first-order chi connectivity index (χ1) is 12.6. The Balaban J connectivity index is 2.04. The van der Waals surface area contributed by atoms with E-state index < -0.39 is 28.9 Å². The predicted octanol–water partition coefficient (Wildman–Crippen LogP) is 4.86. The molecule has 1 unspecified atom stereocenters. The molecule has 4 nitrogen and oxygen atoms in total. The van der Waals surface area contributed by atoms with Crippen LogP contribution in [0.4, 0.5) is 8.78 Å². The Morgan fingerprint density at radius 3 is 2.07 bits per heavy atom. The summed E-state index contributed by atoms with van der Waals surface area (Å²) in [4.78, 5) is 23.8. The van der Waals surface area contributed by atoms with Gasteiger partial charge in [0.1, 0.15) is 24.0 Å². The smallest absolute Gasteiger partial charge is 0.307 e. The van der Waals surface area contributed by atoms with Gasteiger partial charge in [0.2, 0.25) is 0 Å². The zero-order valence-corrected chi connectivity index (χ0v) is 15.5. The van der Waals surface area contributed by atoms with Crippen LogP contribution in [0.1, 0.15) is 43.1 Å². The highest BCUT2D eigenvalue weighted by atomic mass is 19.1. The van der Waals surface area contributed by atoms with E-state index in [4.69, 9.17) is 4.74 Å². The molecule has 1 atom stereocenters. The molecule has 0 aliphatic carbocycles. The van der Waals surface area contributed by atoms with Crippen molar-refractivity contribution in [1.82, 2.24) is 0 Å². The topological polar surface area (TPSA) is 63.6 Å². The lowest BCUT2D eigenvalue weighted by Crippen LogP contribution is -2.30. The van der Waals surface area contributed by atoms with E-state index in [1.54, 1.807) is 20.8 Å². The fraction of sp³-hybridized carbons (Fsp3) is 0.333. The van der Waals surface area contributed by atoms with Gasteiger partial charge >= 0.3 is 5.97 Å². The van der Waals surface area contributed by atoms with Gasteiger partial charge in [0.05, 0.1) is 11.5 Å². The maximum absolute atomic E-state index is 13.6. The van der Waals surface area contributed by atoms with Crippen molar-refractivity contribution < 1.29 is 28.2 Å². The standard InChI is InChI=1S/C21H22F2O4/c1-21(2,3)16(20(25)26)11-19(24)13-7-9-14(10-8-13)27-12-15-17(22)5-4-6-18(15)23/h4-10,16H,11-12H2,1-3H3,(H,25,26). The summed E-state index contributed by atoms with van der Waals surface area (Å²) in [7, 11) is 0. The molecule has 0 heterocycles. The number of ether oxygens (including phenoxy) is 1. The van der Waals surface area contributed by atoms with E-state index in [2.05, 4.69) is 0 Å². The van der Waals surface area contributed by atoms with Crippen LogP contribution in [0, 0.1) is 23.0 Å². The van der Waals surface area contributed by atoms with Crippen molar-refractivity contribution in [2.45, 2.75) is 33.8 Å². The molecule has 0 spiro atoms. The van der Waals surface area contributed by atoms with Crippen molar-refractivity contribution in [2.24, 2.45) is 11.3 Å². The second kappa shape index (κ2) is 8.29. The molecule has 1 N–H and O–H groups in total. The minimum Gasteiger partial charge on any atom is -0.489 e. The number of carboxylic acid groups (broad SMARTS) is 1. The number of hydrogen-bond donors (Lipinski definition) is 1. The number of carbonyl (C=O) groups excluding carboxylic acids is 1. The Bertz CT molecular complexity index is 803. The molecule has 0 aliphatic heterocycles. The van der Waals surface area contributed by atoms with Crippen molar-refractivity contribution in [2.75, 3.05) is 0 Å². The third-order valence-electron chi connectivity index (χ3n) is 4.35. The Kier molecular flexibility index (Phi) is 6.31. The molecule has 0 amide bonds. The summed E-state index contributed by atoms with van der Waals surface area (Å²) in [5, 5.41) is 9.34. The lowest BCUT2D eigenvalue weighted by Gasteiger charge is -2.26. The number of ketones is 1. The number of carboxylic acids is 1. The molecular weight excluding hydrogens is 354 g/mol. The van der Waals surface area contributed by atoms with Crippen molar-refractivity contribution in [3.63, 3.8) is 0 Å². The van der Waals surface area contributed by atoms with Crippen LogP contribution in [0.3, 0.4) is 0 Å². The van der Waals surface area contributed by atoms with E-state index in [0.29, 0.717) is 11.3 Å². The Morgan fingerprint density at radius 1 is 1.04 bits per heavy atom. The van der Waals surface area contributed by atoms with E-state index in [0.717, 1.165) is 12.1 Å². The van der Waals surface area contributed by atoms with Crippen molar-refractivity contribution in [3.05, 3.63) is 65.2 Å². The van der Waals surface area contributed by atoms with Crippen LogP contribution in [0.2, 0.25) is 0 Å². The van der Waals surface area contributed by atoms with Crippen LogP contribution in [0.25, 0.3) is 0 Å². The molecule has 0 bridgehead atoms. The average molecular weight is 376 g/mol. The summed E-state index contributed by atoms with van der Waals surface area (Å²) in [6.07, 6.45) is -0.112. The van der Waals surface area contributed by atoms with Crippen LogP contribution >= 0.6 is 0 Å². The monoisotopic (exact) mass is 376 g/mol. The Morgan fingerprint density at radius 2 is 1.59 bits per heavy atom. The highest BCUT2D eigenvalue weighted by molar-refractivity contribution is 5.98. The van der Waals surface area contributed by atoms with Gasteiger partial charge in [0.25, 0.3) is 0 Å². The average Bonchev–Trinajstić information content (AvgIpc) is 2.58. The first kappa shape index (κ1) is 20.6. The normalized spacial score (nSPS) is 12.5. The maximum atomic E-state index is 13.6. The van der Waals surface area contributed by atoms with Crippen molar-refractivity contribution in [1.29, 1.82) is 0 Å². The van der Waals surface area contributed by atoms with E-state index in [1.165, 1.54) is 30.3 Å². The van der Waals surface area contributed by atoms with Gasteiger partial charge in [0, 0.05) is 12.0 Å². The van der Waals surface area contributed by atoms with Crippen LogP contribution in [0.5, 0.6) is 5.75 Å². The van der Waals surface area contributed by atoms with E-state index in [9.17, 15) is 23.5 Å². The predicted molar refractivity (Wildman–Crippen MR) is 96.7 cm³/mol. The van der Waals surface area contributed by atoms with Crippen molar-refractivity contribution in [3.8, 4) is 5.75 Å². The minimum atomic E-state index is -1.01. The van der Waals surface area contributed by atoms with Crippen LogP contribution in [-0.2, 0) is 11.4 Å². The summed E-state index contributed by atoms with van der Waals surface area (Å²) in [6, 6.07) is 9.62. The molecule has 27 heavy (non-hydrogen) atoms. The number of carbonyl (C=O) groups is 2. The number of rotatable bonds is 7. The fourth-order valence-electron chi connectivity index (χ4n) is 2.63. The molecule has 144 valence electrons. The number of hydrogen-bond acceptors (Lipinski definition) is 3. The fourth-order valence-corrected chi connectivity index (χ4v) is 2.63. The number of benzene rings is 2. The molecule has 2 aromatic carbocycles. The summed E-state index contributed by atoms with van der Waals surface area (Å²) in [5.74, 6) is -3.14. The molecule has 0 fully saturated rings. The third kappa shape index (κ3) is 5.36. The summed E-state index contributed by atoms with van der Waals surface area (Å²) >= 11 is 0. The third-order valence-corrected chi connectivity index (χ3v) is 4.35. The second-order valence-corrected chi connectivity index (χ2v) is 7.40. The molecule has 2 aromatic rings. The zero-order chi connectivity index (χ0) is 20.2.